The molecule has 0 aliphatic heterocycles. The third-order valence-electron chi connectivity index (χ3n) is 4.27. The van der Waals surface area contributed by atoms with Crippen LogP contribution in [0.1, 0.15) is 5.89 Å². The molecule has 0 spiro atoms. The topological polar surface area (TPSA) is 106 Å². The summed E-state index contributed by atoms with van der Waals surface area (Å²) in [7, 11) is 4.60. The molecule has 0 saturated carbocycles. The first-order chi connectivity index (χ1) is 15.5. The Labute approximate surface area is 197 Å². The monoisotopic (exact) mass is 494 g/mol. The maximum atomic E-state index is 6.19. The normalized spacial score (nSPS) is 10.9. The second kappa shape index (κ2) is 9.68. The third-order valence-corrected chi connectivity index (χ3v) is 5.62. The van der Waals surface area contributed by atoms with Crippen molar-refractivity contribution >= 4 is 35.0 Å². The fourth-order valence-corrected chi connectivity index (χ4v) is 3.89. The molecule has 0 radical (unpaired) electrons. The minimum absolute atomic E-state index is 0.297. The summed E-state index contributed by atoms with van der Waals surface area (Å²) < 4.78 is 27.5. The van der Waals surface area contributed by atoms with Crippen LogP contribution in [-0.2, 0) is 5.75 Å². The van der Waals surface area contributed by atoms with Gasteiger partial charge in [-0.05, 0) is 30.3 Å². The van der Waals surface area contributed by atoms with Gasteiger partial charge in [-0.15, -0.1) is 20.4 Å². The molecule has 166 valence electrons. The van der Waals surface area contributed by atoms with Crippen molar-refractivity contribution in [3.8, 4) is 40.2 Å². The molecule has 0 aliphatic rings. The maximum absolute atomic E-state index is 6.19. The number of methoxy groups -OCH3 is 3. The number of hydrogen-bond acceptors (Lipinski definition) is 10. The molecule has 4 rings (SSSR count). The molecule has 0 atom stereocenters. The van der Waals surface area contributed by atoms with E-state index in [2.05, 4.69) is 20.4 Å². The quantitative estimate of drug-likeness (QED) is 0.295. The van der Waals surface area contributed by atoms with Crippen LogP contribution in [0.3, 0.4) is 0 Å². The zero-order valence-corrected chi connectivity index (χ0v) is 19.4. The first-order valence-electron chi connectivity index (χ1n) is 9.07. The van der Waals surface area contributed by atoms with Crippen LogP contribution in [0.5, 0.6) is 17.2 Å². The van der Waals surface area contributed by atoms with E-state index >= 15 is 0 Å². The van der Waals surface area contributed by atoms with Crippen molar-refractivity contribution in [3.63, 3.8) is 0 Å². The SMILES string of the molecule is COc1cc(-c2nnc(SCc3nnc(-c4ccc(Cl)cc4Cl)o3)o2)cc(OC)c1OC. The number of thioether (sulfide) groups is 1. The summed E-state index contributed by atoms with van der Waals surface area (Å²) in [5, 5.41) is 17.5. The van der Waals surface area contributed by atoms with Gasteiger partial charge in [0.2, 0.25) is 23.4 Å². The predicted octanol–water partition coefficient (Wildman–Crippen LogP) is 5.41. The molecule has 0 saturated heterocycles. The van der Waals surface area contributed by atoms with Gasteiger partial charge in [0.1, 0.15) is 0 Å². The van der Waals surface area contributed by atoms with E-state index in [9.17, 15) is 0 Å². The summed E-state index contributed by atoms with van der Waals surface area (Å²) in [6.45, 7) is 0. The van der Waals surface area contributed by atoms with Crippen molar-refractivity contribution in [2.75, 3.05) is 21.3 Å². The van der Waals surface area contributed by atoms with Crippen LogP contribution >= 0.6 is 35.0 Å². The van der Waals surface area contributed by atoms with Crippen LogP contribution in [0.25, 0.3) is 22.9 Å². The summed E-state index contributed by atoms with van der Waals surface area (Å²) in [6, 6.07) is 8.48. The van der Waals surface area contributed by atoms with E-state index in [1.54, 1.807) is 30.3 Å². The minimum atomic E-state index is 0.297. The van der Waals surface area contributed by atoms with Gasteiger partial charge in [0.15, 0.2) is 11.5 Å². The smallest absolute Gasteiger partial charge is 0.277 e. The zero-order valence-electron chi connectivity index (χ0n) is 17.1. The summed E-state index contributed by atoms with van der Waals surface area (Å²) >= 11 is 13.4. The fourth-order valence-electron chi connectivity index (χ4n) is 2.80. The average molecular weight is 495 g/mol. The second-order valence-electron chi connectivity index (χ2n) is 6.20. The zero-order chi connectivity index (χ0) is 22.7. The van der Waals surface area contributed by atoms with Gasteiger partial charge in [-0.25, -0.2) is 0 Å². The Morgan fingerprint density at radius 2 is 1.56 bits per heavy atom. The first kappa shape index (κ1) is 22.3. The van der Waals surface area contributed by atoms with Gasteiger partial charge in [0.05, 0.1) is 37.7 Å². The molecular weight excluding hydrogens is 479 g/mol. The molecule has 0 amide bonds. The Bertz CT molecular complexity index is 1220. The van der Waals surface area contributed by atoms with E-state index in [-0.39, 0.29) is 0 Å². The number of benzene rings is 2. The van der Waals surface area contributed by atoms with Gasteiger partial charge in [0, 0.05) is 10.6 Å². The molecule has 4 aromatic rings. The molecule has 2 aromatic heterocycles. The van der Waals surface area contributed by atoms with Crippen LogP contribution in [-0.4, -0.2) is 41.7 Å². The molecule has 9 nitrogen and oxygen atoms in total. The van der Waals surface area contributed by atoms with E-state index < -0.39 is 0 Å². The fraction of sp³-hybridized carbons (Fsp3) is 0.200. The van der Waals surface area contributed by atoms with Gasteiger partial charge in [0.25, 0.3) is 5.22 Å². The maximum Gasteiger partial charge on any atom is 0.277 e. The van der Waals surface area contributed by atoms with Crippen molar-refractivity contribution in [2.24, 2.45) is 0 Å². The number of halogens is 2. The Morgan fingerprint density at radius 1 is 0.844 bits per heavy atom. The lowest BCUT2D eigenvalue weighted by Crippen LogP contribution is -1.95. The summed E-state index contributed by atoms with van der Waals surface area (Å²) in [6.07, 6.45) is 0. The van der Waals surface area contributed by atoms with Gasteiger partial charge in [-0.3, -0.25) is 0 Å². The Balaban J connectivity index is 1.48. The number of aromatic nitrogens is 4. The first-order valence-corrected chi connectivity index (χ1v) is 10.8. The molecule has 0 aliphatic carbocycles. The predicted molar refractivity (Wildman–Crippen MR) is 119 cm³/mol. The highest BCUT2D eigenvalue weighted by Crippen LogP contribution is 2.41. The molecule has 0 N–H and O–H groups in total. The van der Waals surface area contributed by atoms with E-state index in [1.165, 1.54) is 33.1 Å². The average Bonchev–Trinajstić information content (AvgIpc) is 3.46. The summed E-state index contributed by atoms with van der Waals surface area (Å²) in [4.78, 5) is 0. The molecule has 32 heavy (non-hydrogen) atoms. The van der Waals surface area contributed by atoms with Crippen LogP contribution in [0.4, 0.5) is 0 Å². The molecule has 0 unspecified atom stereocenters. The Kier molecular flexibility index (Phi) is 6.73. The minimum Gasteiger partial charge on any atom is -0.493 e. The summed E-state index contributed by atoms with van der Waals surface area (Å²) in [5.41, 5.74) is 1.22. The second-order valence-corrected chi connectivity index (χ2v) is 7.97. The highest BCUT2D eigenvalue weighted by atomic mass is 35.5. The molecular formula is C20H16Cl2N4O5S. The van der Waals surface area contributed by atoms with E-state index in [0.29, 0.717) is 67.1 Å². The molecule has 0 bridgehead atoms. The van der Waals surface area contributed by atoms with Crippen LogP contribution < -0.4 is 14.2 Å². The lowest BCUT2D eigenvalue weighted by atomic mass is 10.2. The lowest BCUT2D eigenvalue weighted by molar-refractivity contribution is 0.324. The van der Waals surface area contributed by atoms with E-state index in [1.807, 2.05) is 0 Å². The van der Waals surface area contributed by atoms with Crippen LogP contribution in [0, 0.1) is 0 Å². The molecule has 0 fully saturated rings. The van der Waals surface area contributed by atoms with Crippen molar-refractivity contribution in [3.05, 3.63) is 46.3 Å². The highest BCUT2D eigenvalue weighted by molar-refractivity contribution is 7.98. The van der Waals surface area contributed by atoms with Crippen molar-refractivity contribution in [2.45, 2.75) is 11.0 Å². The highest BCUT2D eigenvalue weighted by Gasteiger charge is 2.18. The van der Waals surface area contributed by atoms with Crippen molar-refractivity contribution in [1.29, 1.82) is 0 Å². The number of ether oxygens (including phenoxy) is 3. The molecule has 2 aromatic carbocycles. The van der Waals surface area contributed by atoms with E-state index in [4.69, 9.17) is 46.2 Å². The van der Waals surface area contributed by atoms with Crippen LogP contribution in [0.15, 0.2) is 44.4 Å². The van der Waals surface area contributed by atoms with Gasteiger partial charge in [-0.2, -0.15) is 0 Å². The van der Waals surface area contributed by atoms with Crippen molar-refractivity contribution < 1.29 is 23.0 Å². The number of nitrogens with zero attached hydrogens (tertiary/aromatic N) is 4. The Hall–Kier alpha value is -2.95. The summed E-state index contributed by atoms with van der Waals surface area (Å²) in [5.74, 6) is 2.73. The number of rotatable bonds is 8. The largest absolute Gasteiger partial charge is 0.493 e. The Morgan fingerprint density at radius 3 is 2.22 bits per heavy atom. The number of hydrogen-bond donors (Lipinski definition) is 0. The van der Waals surface area contributed by atoms with Gasteiger partial charge < -0.3 is 23.0 Å². The molecule has 12 heteroatoms. The lowest BCUT2D eigenvalue weighted by Gasteiger charge is -2.12. The van der Waals surface area contributed by atoms with Crippen molar-refractivity contribution in [1.82, 2.24) is 20.4 Å². The third kappa shape index (κ3) is 4.62. The molecule has 2 heterocycles. The van der Waals surface area contributed by atoms with Gasteiger partial charge in [-0.1, -0.05) is 35.0 Å². The van der Waals surface area contributed by atoms with Gasteiger partial charge >= 0.3 is 0 Å². The standard InChI is InChI=1S/C20H16Cl2N4O5S/c1-27-14-6-10(7-15(28-2)17(14)29-3)18-24-26-20(31-18)32-9-16-23-25-19(30-16)12-5-4-11(21)8-13(12)22/h4-8H,9H2,1-3H3. The van der Waals surface area contributed by atoms with Crippen LogP contribution in [0.2, 0.25) is 10.0 Å². The van der Waals surface area contributed by atoms with E-state index in [0.717, 1.165) is 0 Å².